The molecule has 0 unspecified atom stereocenters. The van der Waals surface area contributed by atoms with Gasteiger partial charge in [0, 0.05) is 25.9 Å². The summed E-state index contributed by atoms with van der Waals surface area (Å²) < 4.78 is 0. The maximum absolute atomic E-state index is 11.9. The van der Waals surface area contributed by atoms with Crippen molar-refractivity contribution in [1.29, 1.82) is 0 Å². The van der Waals surface area contributed by atoms with Crippen molar-refractivity contribution in [2.75, 3.05) is 26.2 Å². The van der Waals surface area contributed by atoms with Crippen molar-refractivity contribution >= 4 is 5.91 Å². The minimum absolute atomic E-state index is 0.276. The Morgan fingerprint density at radius 2 is 2.19 bits per heavy atom. The van der Waals surface area contributed by atoms with Gasteiger partial charge in [0.2, 0.25) is 5.91 Å². The summed E-state index contributed by atoms with van der Waals surface area (Å²) in [5.41, 5.74) is 0.276. The van der Waals surface area contributed by atoms with Gasteiger partial charge in [-0.1, -0.05) is 0 Å². The molecule has 1 N–H and O–H groups in total. The van der Waals surface area contributed by atoms with E-state index in [1.54, 1.807) is 0 Å². The lowest BCUT2D eigenvalue weighted by molar-refractivity contribution is -0.127. The second-order valence-corrected chi connectivity index (χ2v) is 5.05. The van der Waals surface area contributed by atoms with Crippen LogP contribution >= 0.6 is 0 Å². The molecule has 0 atom stereocenters. The van der Waals surface area contributed by atoms with E-state index >= 15 is 0 Å². The van der Waals surface area contributed by atoms with Crippen molar-refractivity contribution in [1.82, 2.24) is 10.2 Å². The van der Waals surface area contributed by atoms with Gasteiger partial charge in [-0.3, -0.25) is 4.79 Å². The zero-order valence-corrected chi connectivity index (χ0v) is 9.80. The SMILES string of the molecule is C#CCCCN1CC2(CCNCC2)CC1=O. The highest BCUT2D eigenvalue weighted by Gasteiger charge is 2.43. The minimum Gasteiger partial charge on any atom is -0.342 e. The van der Waals surface area contributed by atoms with E-state index in [0.29, 0.717) is 5.91 Å². The zero-order chi connectivity index (χ0) is 11.4. The Morgan fingerprint density at radius 3 is 2.88 bits per heavy atom. The zero-order valence-electron chi connectivity index (χ0n) is 9.80. The molecule has 2 rings (SSSR count). The molecule has 0 saturated carbocycles. The molecule has 2 aliphatic rings. The molecule has 0 radical (unpaired) electrons. The highest BCUT2D eigenvalue weighted by Crippen LogP contribution is 2.39. The van der Waals surface area contributed by atoms with Crippen molar-refractivity contribution < 1.29 is 4.79 Å². The Bertz CT molecular complexity index is 300. The molecule has 2 fully saturated rings. The molecule has 0 bridgehead atoms. The third-order valence-corrected chi connectivity index (χ3v) is 3.82. The van der Waals surface area contributed by atoms with Gasteiger partial charge in [0.15, 0.2) is 0 Å². The van der Waals surface area contributed by atoms with Crippen LogP contribution in [0.25, 0.3) is 0 Å². The van der Waals surface area contributed by atoms with Crippen LogP contribution in [0.4, 0.5) is 0 Å². The first-order valence-corrected chi connectivity index (χ1v) is 6.18. The summed E-state index contributed by atoms with van der Waals surface area (Å²) in [4.78, 5) is 13.9. The maximum Gasteiger partial charge on any atom is 0.223 e. The molecule has 2 heterocycles. The Labute approximate surface area is 97.6 Å². The Kier molecular flexibility index (Phi) is 3.50. The average molecular weight is 220 g/mol. The fraction of sp³-hybridized carbons (Fsp3) is 0.769. The molecule has 16 heavy (non-hydrogen) atoms. The number of piperidine rings is 1. The van der Waals surface area contributed by atoms with Crippen LogP contribution in [0.3, 0.4) is 0 Å². The third kappa shape index (κ3) is 2.38. The van der Waals surface area contributed by atoms with Crippen LogP contribution in [0.15, 0.2) is 0 Å². The topological polar surface area (TPSA) is 32.3 Å². The van der Waals surface area contributed by atoms with Gasteiger partial charge >= 0.3 is 0 Å². The van der Waals surface area contributed by atoms with Crippen LogP contribution in [-0.2, 0) is 4.79 Å². The van der Waals surface area contributed by atoms with Crippen molar-refractivity contribution in [2.24, 2.45) is 5.41 Å². The summed E-state index contributed by atoms with van der Waals surface area (Å²) >= 11 is 0. The van der Waals surface area contributed by atoms with E-state index in [1.807, 2.05) is 4.90 Å². The number of unbranched alkanes of at least 4 members (excludes halogenated alkanes) is 1. The van der Waals surface area contributed by atoms with Gasteiger partial charge in [-0.15, -0.1) is 12.3 Å². The van der Waals surface area contributed by atoms with Crippen LogP contribution in [0.5, 0.6) is 0 Å². The first-order chi connectivity index (χ1) is 7.76. The number of carbonyl (C=O) groups excluding carboxylic acids is 1. The number of nitrogens with one attached hydrogen (secondary N) is 1. The number of nitrogens with zero attached hydrogens (tertiary/aromatic N) is 1. The maximum atomic E-state index is 11.9. The van der Waals surface area contributed by atoms with Gasteiger partial charge in [0.05, 0.1) is 0 Å². The van der Waals surface area contributed by atoms with Crippen molar-refractivity contribution in [3.8, 4) is 12.3 Å². The number of terminal acetylenes is 1. The van der Waals surface area contributed by atoms with Crippen LogP contribution in [0, 0.1) is 17.8 Å². The van der Waals surface area contributed by atoms with Crippen molar-refractivity contribution in [3.63, 3.8) is 0 Å². The molecule has 2 saturated heterocycles. The highest BCUT2D eigenvalue weighted by molar-refractivity contribution is 5.79. The van der Waals surface area contributed by atoms with E-state index in [-0.39, 0.29) is 5.41 Å². The molecule has 2 aliphatic heterocycles. The van der Waals surface area contributed by atoms with Crippen LogP contribution in [-0.4, -0.2) is 37.0 Å². The van der Waals surface area contributed by atoms with E-state index in [4.69, 9.17) is 6.42 Å². The van der Waals surface area contributed by atoms with Crippen LogP contribution in [0.1, 0.15) is 32.1 Å². The quantitative estimate of drug-likeness (QED) is 0.568. The number of likely N-dealkylation sites (tertiary alicyclic amines) is 1. The second-order valence-electron chi connectivity index (χ2n) is 5.05. The molecule has 3 heteroatoms. The number of hydrogen-bond donors (Lipinski definition) is 1. The molecule has 0 aliphatic carbocycles. The predicted octanol–water partition coefficient (Wildman–Crippen LogP) is 1.00. The average Bonchev–Trinajstić information content (AvgIpc) is 2.57. The Hall–Kier alpha value is -1.01. The molecular formula is C13H20N2O. The molecule has 1 amide bonds. The Morgan fingerprint density at radius 1 is 1.44 bits per heavy atom. The van der Waals surface area contributed by atoms with Crippen molar-refractivity contribution in [3.05, 3.63) is 0 Å². The molecule has 3 nitrogen and oxygen atoms in total. The summed E-state index contributed by atoms with van der Waals surface area (Å²) in [5, 5.41) is 3.36. The molecular weight excluding hydrogens is 200 g/mol. The number of amides is 1. The Balaban J connectivity index is 1.88. The standard InChI is InChI=1S/C13H20N2O/c1-2-3-4-9-15-11-13(10-12(15)16)5-7-14-8-6-13/h1,14H,3-11H2. The summed E-state index contributed by atoms with van der Waals surface area (Å²) in [7, 11) is 0. The molecule has 0 aromatic carbocycles. The van der Waals surface area contributed by atoms with E-state index < -0.39 is 0 Å². The number of carbonyl (C=O) groups is 1. The van der Waals surface area contributed by atoms with Gasteiger partial charge in [0.1, 0.15) is 0 Å². The molecule has 88 valence electrons. The van der Waals surface area contributed by atoms with Gasteiger partial charge < -0.3 is 10.2 Å². The third-order valence-electron chi connectivity index (χ3n) is 3.82. The second kappa shape index (κ2) is 4.88. The minimum atomic E-state index is 0.276. The molecule has 1 spiro atoms. The van der Waals surface area contributed by atoms with Gasteiger partial charge in [-0.2, -0.15) is 0 Å². The molecule has 0 aromatic rings. The van der Waals surface area contributed by atoms with E-state index in [1.165, 1.54) is 0 Å². The first kappa shape index (κ1) is 11.5. The lowest BCUT2D eigenvalue weighted by Gasteiger charge is -2.33. The highest BCUT2D eigenvalue weighted by atomic mass is 16.2. The van der Waals surface area contributed by atoms with E-state index in [0.717, 1.165) is 58.3 Å². The first-order valence-electron chi connectivity index (χ1n) is 6.18. The largest absolute Gasteiger partial charge is 0.342 e. The number of rotatable bonds is 3. The molecule has 0 aromatic heterocycles. The van der Waals surface area contributed by atoms with E-state index in [9.17, 15) is 4.79 Å². The predicted molar refractivity (Wildman–Crippen MR) is 63.8 cm³/mol. The summed E-state index contributed by atoms with van der Waals surface area (Å²) in [6, 6.07) is 0. The fourth-order valence-corrected chi connectivity index (χ4v) is 2.85. The number of hydrogen-bond acceptors (Lipinski definition) is 2. The lowest BCUT2D eigenvalue weighted by atomic mass is 9.78. The fourth-order valence-electron chi connectivity index (χ4n) is 2.85. The smallest absolute Gasteiger partial charge is 0.223 e. The van der Waals surface area contributed by atoms with Gasteiger partial charge in [0.25, 0.3) is 0 Å². The summed E-state index contributed by atoms with van der Waals surface area (Å²) in [5.74, 6) is 2.96. The lowest BCUT2D eigenvalue weighted by Crippen LogP contribution is -2.38. The van der Waals surface area contributed by atoms with Gasteiger partial charge in [-0.25, -0.2) is 0 Å². The normalized spacial score (nSPS) is 23.7. The van der Waals surface area contributed by atoms with Crippen molar-refractivity contribution in [2.45, 2.75) is 32.1 Å². The summed E-state index contributed by atoms with van der Waals surface area (Å²) in [6.45, 7) is 3.92. The van der Waals surface area contributed by atoms with E-state index in [2.05, 4.69) is 11.2 Å². The van der Waals surface area contributed by atoms with Gasteiger partial charge in [-0.05, 0) is 37.8 Å². The monoisotopic (exact) mass is 220 g/mol. The summed E-state index contributed by atoms with van der Waals surface area (Å²) in [6.07, 6.45) is 9.98. The van der Waals surface area contributed by atoms with Crippen LogP contribution < -0.4 is 5.32 Å². The van der Waals surface area contributed by atoms with Crippen LogP contribution in [0.2, 0.25) is 0 Å².